The molecule has 1 atom stereocenters. The number of Topliss-reactive ketones (excluding diaryl/α,β-unsaturated/α-hetero) is 1. The molecule has 1 heterocycles. The van der Waals surface area contributed by atoms with Gasteiger partial charge in [0.15, 0.2) is 11.8 Å². The van der Waals surface area contributed by atoms with E-state index in [1.807, 2.05) is 0 Å². The van der Waals surface area contributed by atoms with E-state index in [-0.39, 0.29) is 5.78 Å². The third kappa shape index (κ3) is 2.82. The number of ketones is 1. The molecule has 19 heavy (non-hydrogen) atoms. The van der Waals surface area contributed by atoms with Crippen LogP contribution in [0, 0.1) is 4.91 Å². The van der Waals surface area contributed by atoms with E-state index >= 15 is 0 Å². The summed E-state index contributed by atoms with van der Waals surface area (Å²) in [4.78, 5) is 27.0. The predicted molar refractivity (Wildman–Crippen MR) is 70.1 cm³/mol. The Labute approximate surface area is 110 Å². The van der Waals surface area contributed by atoms with Crippen LogP contribution in [0.5, 0.6) is 5.75 Å². The summed E-state index contributed by atoms with van der Waals surface area (Å²) in [5, 5.41) is 2.92. The summed E-state index contributed by atoms with van der Waals surface area (Å²) in [6.07, 6.45) is 3.05. The quantitative estimate of drug-likeness (QED) is 0.609. The van der Waals surface area contributed by atoms with Gasteiger partial charge in [-0.1, -0.05) is 5.18 Å². The second-order valence-corrected chi connectivity index (χ2v) is 3.88. The molecular weight excluding hydrogens is 244 g/mol. The molecule has 0 radical (unpaired) electrons. The molecule has 0 saturated heterocycles. The lowest BCUT2D eigenvalue weighted by Gasteiger charge is -2.08. The molecule has 1 aromatic heterocycles. The Kier molecular flexibility index (Phi) is 3.97. The number of nitrogens with zero attached hydrogens (tertiary/aromatic N) is 2. The van der Waals surface area contributed by atoms with Crippen molar-refractivity contribution in [3.63, 3.8) is 0 Å². The molecule has 2 aromatic rings. The topological polar surface area (TPSA) is 68.6 Å². The van der Waals surface area contributed by atoms with Gasteiger partial charge in [-0.3, -0.25) is 9.78 Å². The summed E-state index contributed by atoms with van der Waals surface area (Å²) in [6, 6.07) is 8.72. The molecule has 1 unspecified atom stereocenters. The van der Waals surface area contributed by atoms with Gasteiger partial charge in [-0.15, -0.1) is 4.91 Å². The van der Waals surface area contributed by atoms with Crippen LogP contribution in [0.3, 0.4) is 0 Å². The molecule has 2 rings (SSSR count). The first-order chi connectivity index (χ1) is 9.26. The van der Waals surface area contributed by atoms with Crippen molar-refractivity contribution in [2.75, 3.05) is 7.11 Å². The van der Waals surface area contributed by atoms with Crippen molar-refractivity contribution in [3.8, 4) is 5.75 Å². The molecule has 0 N–H and O–H groups in total. The lowest BCUT2D eigenvalue weighted by Crippen LogP contribution is -2.10. The monoisotopic (exact) mass is 256 g/mol. The fourth-order valence-corrected chi connectivity index (χ4v) is 1.72. The number of carbonyl (C=O) groups excluding carboxylic acids is 1. The van der Waals surface area contributed by atoms with Gasteiger partial charge in [-0.2, -0.15) is 0 Å². The highest BCUT2D eigenvalue weighted by Gasteiger charge is 2.22. The number of aromatic nitrogens is 1. The maximum atomic E-state index is 12.2. The Bertz CT molecular complexity index is 567. The van der Waals surface area contributed by atoms with Gasteiger partial charge in [-0.25, -0.2) is 0 Å². The van der Waals surface area contributed by atoms with Crippen LogP contribution in [0.4, 0.5) is 0 Å². The van der Waals surface area contributed by atoms with Crippen molar-refractivity contribution in [2.24, 2.45) is 5.18 Å². The van der Waals surface area contributed by atoms with E-state index in [0.29, 0.717) is 16.9 Å². The van der Waals surface area contributed by atoms with E-state index in [9.17, 15) is 9.70 Å². The van der Waals surface area contributed by atoms with E-state index in [1.54, 1.807) is 43.5 Å². The molecule has 0 fully saturated rings. The molecule has 0 saturated carbocycles. The first-order valence-corrected chi connectivity index (χ1v) is 5.67. The zero-order chi connectivity index (χ0) is 13.7. The van der Waals surface area contributed by atoms with Gasteiger partial charge in [0.05, 0.1) is 7.11 Å². The molecule has 0 amide bonds. The number of nitroso groups, excluding NO2 is 1. The van der Waals surface area contributed by atoms with E-state index in [2.05, 4.69) is 10.2 Å². The van der Waals surface area contributed by atoms with Crippen molar-refractivity contribution < 1.29 is 9.53 Å². The minimum absolute atomic E-state index is 0.344. The third-order valence-corrected chi connectivity index (χ3v) is 2.75. The van der Waals surface area contributed by atoms with Crippen molar-refractivity contribution in [3.05, 3.63) is 64.8 Å². The van der Waals surface area contributed by atoms with Gasteiger partial charge in [0.2, 0.25) is 0 Å². The van der Waals surface area contributed by atoms with Crippen molar-refractivity contribution in [2.45, 2.75) is 6.04 Å². The fraction of sp³-hybridized carbons (Fsp3) is 0.143. The molecule has 96 valence electrons. The minimum Gasteiger partial charge on any atom is -0.497 e. The molecule has 1 aromatic carbocycles. The van der Waals surface area contributed by atoms with Gasteiger partial charge in [0.1, 0.15) is 5.75 Å². The van der Waals surface area contributed by atoms with Crippen LogP contribution in [0.25, 0.3) is 0 Å². The largest absolute Gasteiger partial charge is 0.497 e. The first-order valence-electron chi connectivity index (χ1n) is 5.67. The number of pyridine rings is 1. The second kappa shape index (κ2) is 5.86. The summed E-state index contributed by atoms with van der Waals surface area (Å²) in [5.41, 5.74) is 0.952. The van der Waals surface area contributed by atoms with Crippen LogP contribution in [-0.2, 0) is 0 Å². The Balaban J connectivity index is 2.28. The summed E-state index contributed by atoms with van der Waals surface area (Å²) in [7, 11) is 1.55. The first kappa shape index (κ1) is 12.9. The Morgan fingerprint density at radius 3 is 2.32 bits per heavy atom. The molecule has 0 aliphatic carbocycles. The van der Waals surface area contributed by atoms with Gasteiger partial charge in [0, 0.05) is 18.0 Å². The maximum Gasteiger partial charge on any atom is 0.195 e. The fourth-order valence-electron chi connectivity index (χ4n) is 1.72. The Morgan fingerprint density at radius 2 is 1.79 bits per heavy atom. The SMILES string of the molecule is COc1ccc(C(=O)C(N=O)c2ccncc2)cc1. The van der Waals surface area contributed by atoms with E-state index in [0.717, 1.165) is 0 Å². The predicted octanol–water partition coefficient (Wildman–Crippen LogP) is 2.78. The third-order valence-electron chi connectivity index (χ3n) is 2.75. The van der Waals surface area contributed by atoms with Gasteiger partial charge >= 0.3 is 0 Å². The summed E-state index contributed by atoms with van der Waals surface area (Å²) >= 11 is 0. The van der Waals surface area contributed by atoms with Crippen LogP contribution in [-0.4, -0.2) is 17.9 Å². The Morgan fingerprint density at radius 1 is 1.16 bits per heavy atom. The van der Waals surface area contributed by atoms with Crippen LogP contribution in [0.15, 0.2) is 54.0 Å². The molecule has 0 aliphatic heterocycles. The molecule has 5 heteroatoms. The average Bonchev–Trinajstić information content (AvgIpc) is 2.49. The average molecular weight is 256 g/mol. The van der Waals surface area contributed by atoms with Crippen LogP contribution < -0.4 is 4.74 Å². The number of methoxy groups -OCH3 is 1. The van der Waals surface area contributed by atoms with Gasteiger partial charge in [-0.05, 0) is 42.0 Å². The lowest BCUT2D eigenvalue weighted by atomic mass is 9.99. The van der Waals surface area contributed by atoms with Crippen LogP contribution in [0.2, 0.25) is 0 Å². The second-order valence-electron chi connectivity index (χ2n) is 3.88. The van der Waals surface area contributed by atoms with Crippen molar-refractivity contribution in [1.82, 2.24) is 4.98 Å². The standard InChI is InChI=1S/C14H12N2O3/c1-19-12-4-2-11(3-5-12)14(17)13(16-18)10-6-8-15-9-7-10/h2-9,13H,1H3. The summed E-state index contributed by atoms with van der Waals surface area (Å²) in [5.74, 6) is 0.305. The summed E-state index contributed by atoms with van der Waals surface area (Å²) < 4.78 is 5.02. The number of hydrogen-bond acceptors (Lipinski definition) is 5. The molecule has 0 bridgehead atoms. The normalized spacial score (nSPS) is 11.6. The number of benzene rings is 1. The summed E-state index contributed by atoms with van der Waals surface area (Å²) in [6.45, 7) is 0. The van der Waals surface area contributed by atoms with Gasteiger partial charge < -0.3 is 4.74 Å². The highest BCUT2D eigenvalue weighted by molar-refractivity contribution is 6.00. The number of ether oxygens (including phenoxy) is 1. The van der Waals surface area contributed by atoms with Gasteiger partial charge in [0.25, 0.3) is 0 Å². The molecule has 0 aliphatic rings. The van der Waals surface area contributed by atoms with Crippen LogP contribution in [0.1, 0.15) is 22.0 Å². The zero-order valence-corrected chi connectivity index (χ0v) is 10.3. The highest BCUT2D eigenvalue weighted by atomic mass is 16.5. The van der Waals surface area contributed by atoms with E-state index in [1.165, 1.54) is 12.4 Å². The number of carbonyl (C=O) groups is 1. The molecular formula is C14H12N2O3. The maximum absolute atomic E-state index is 12.2. The molecule has 5 nitrogen and oxygen atoms in total. The highest BCUT2D eigenvalue weighted by Crippen LogP contribution is 2.23. The van der Waals surface area contributed by atoms with Crippen LogP contribution >= 0.6 is 0 Å². The van der Waals surface area contributed by atoms with Crippen molar-refractivity contribution >= 4 is 5.78 Å². The van der Waals surface area contributed by atoms with Crippen molar-refractivity contribution in [1.29, 1.82) is 0 Å². The zero-order valence-electron chi connectivity index (χ0n) is 10.3. The lowest BCUT2D eigenvalue weighted by molar-refractivity contribution is 0.0962. The minimum atomic E-state index is -1.05. The van der Waals surface area contributed by atoms with E-state index < -0.39 is 6.04 Å². The smallest absolute Gasteiger partial charge is 0.195 e. The number of rotatable bonds is 5. The van der Waals surface area contributed by atoms with E-state index in [4.69, 9.17) is 4.74 Å². The molecule has 0 spiro atoms. The Hall–Kier alpha value is -2.56. The number of hydrogen-bond donors (Lipinski definition) is 0.